The molecule has 0 radical (unpaired) electrons. The molecule has 0 N–H and O–H groups in total. The summed E-state index contributed by atoms with van der Waals surface area (Å²) in [6, 6.07) is 1.80. The van der Waals surface area contributed by atoms with Crippen molar-refractivity contribution in [3.05, 3.63) is 41.7 Å². The van der Waals surface area contributed by atoms with Gasteiger partial charge in [-0.3, -0.25) is 4.98 Å². The molecule has 0 spiro atoms. The number of nitrogens with zero attached hydrogens (tertiary/aromatic N) is 3. The molecule has 0 bridgehead atoms. The van der Waals surface area contributed by atoms with E-state index in [1.807, 2.05) is 6.92 Å². The van der Waals surface area contributed by atoms with Crippen LogP contribution in [0.3, 0.4) is 0 Å². The predicted molar refractivity (Wildman–Crippen MR) is 65.5 cm³/mol. The van der Waals surface area contributed by atoms with Crippen LogP contribution >= 0.6 is 0 Å². The van der Waals surface area contributed by atoms with E-state index in [1.165, 1.54) is 0 Å². The first-order chi connectivity index (χ1) is 9.41. The summed E-state index contributed by atoms with van der Waals surface area (Å²) in [5.74, 6) is -0.523. The molecular formula is C13H12F3N3O. The summed E-state index contributed by atoms with van der Waals surface area (Å²) in [6.07, 6.45) is -0.175. The molecule has 2 heterocycles. The maximum Gasteiger partial charge on any atom is 0.451 e. The van der Waals surface area contributed by atoms with Gasteiger partial charge in [-0.1, -0.05) is 6.92 Å². The van der Waals surface area contributed by atoms with Gasteiger partial charge >= 0.3 is 6.18 Å². The molecule has 106 valence electrons. The highest BCUT2D eigenvalue weighted by molar-refractivity contribution is 5.39. The zero-order valence-corrected chi connectivity index (χ0v) is 10.9. The molecule has 0 amide bonds. The average molecular weight is 283 g/mol. The summed E-state index contributed by atoms with van der Waals surface area (Å²) in [7, 11) is 0. The van der Waals surface area contributed by atoms with E-state index in [1.54, 1.807) is 19.2 Å². The zero-order chi connectivity index (χ0) is 14.8. The fourth-order valence-corrected chi connectivity index (χ4v) is 1.66. The van der Waals surface area contributed by atoms with Crippen LogP contribution in [0.1, 0.15) is 24.0 Å². The van der Waals surface area contributed by atoms with Gasteiger partial charge in [-0.2, -0.15) is 13.2 Å². The lowest BCUT2D eigenvalue weighted by molar-refractivity contribution is -0.145. The number of ether oxygens (including phenoxy) is 1. The molecule has 0 saturated heterocycles. The lowest BCUT2D eigenvalue weighted by Crippen LogP contribution is -2.10. The van der Waals surface area contributed by atoms with E-state index < -0.39 is 12.0 Å². The van der Waals surface area contributed by atoms with Gasteiger partial charge in [0.25, 0.3) is 0 Å². The summed E-state index contributed by atoms with van der Waals surface area (Å²) in [4.78, 5) is 10.6. The third-order valence-electron chi connectivity index (χ3n) is 2.65. The maximum absolute atomic E-state index is 12.4. The fourth-order valence-electron chi connectivity index (χ4n) is 1.66. The van der Waals surface area contributed by atoms with Crippen LogP contribution in [-0.2, 0) is 12.6 Å². The number of aryl methyl sites for hydroxylation is 2. The topological polar surface area (TPSA) is 47.9 Å². The van der Waals surface area contributed by atoms with Gasteiger partial charge in [-0.15, -0.1) is 0 Å². The van der Waals surface area contributed by atoms with E-state index in [2.05, 4.69) is 15.0 Å². The summed E-state index contributed by atoms with van der Waals surface area (Å²) in [6.45, 7) is 3.71. The number of halogens is 3. The van der Waals surface area contributed by atoms with Crippen molar-refractivity contribution in [2.45, 2.75) is 26.4 Å². The lowest BCUT2D eigenvalue weighted by Gasteiger charge is -2.12. The molecular weight excluding hydrogens is 271 g/mol. The Kier molecular flexibility index (Phi) is 3.87. The number of hydrogen-bond acceptors (Lipinski definition) is 4. The van der Waals surface area contributed by atoms with Crippen LogP contribution in [0.5, 0.6) is 11.5 Å². The summed E-state index contributed by atoms with van der Waals surface area (Å²) in [5, 5.41) is 0. The predicted octanol–water partition coefficient (Wildman–Crippen LogP) is 3.55. The largest absolute Gasteiger partial charge is 0.452 e. The molecule has 20 heavy (non-hydrogen) atoms. The highest BCUT2D eigenvalue weighted by Gasteiger charge is 2.34. The van der Waals surface area contributed by atoms with Crippen LogP contribution in [0.2, 0.25) is 0 Å². The van der Waals surface area contributed by atoms with Gasteiger partial charge in [0.05, 0.1) is 18.1 Å². The van der Waals surface area contributed by atoms with Gasteiger partial charge in [0.2, 0.25) is 5.82 Å². The first kappa shape index (κ1) is 14.2. The molecule has 7 heteroatoms. The number of aromatic nitrogens is 3. The SMILES string of the molecule is CCc1ccnc(C)c1Oc1cnc(C(F)(F)F)nc1. The van der Waals surface area contributed by atoms with Gasteiger partial charge in [0.15, 0.2) is 11.5 Å². The van der Waals surface area contributed by atoms with Crippen LogP contribution in [-0.4, -0.2) is 15.0 Å². The average Bonchev–Trinajstić information content (AvgIpc) is 2.40. The molecule has 2 rings (SSSR count). The van der Waals surface area contributed by atoms with Crippen LogP contribution in [0.4, 0.5) is 13.2 Å². The molecule has 2 aromatic rings. The second-order valence-corrected chi connectivity index (χ2v) is 4.08. The first-order valence-corrected chi connectivity index (χ1v) is 5.93. The van der Waals surface area contributed by atoms with Crippen molar-refractivity contribution in [2.75, 3.05) is 0 Å². The van der Waals surface area contributed by atoms with Crippen LogP contribution in [0, 0.1) is 6.92 Å². The summed E-state index contributed by atoms with van der Waals surface area (Å²) < 4.78 is 42.6. The quantitative estimate of drug-likeness (QED) is 0.864. The maximum atomic E-state index is 12.4. The minimum atomic E-state index is -4.56. The van der Waals surface area contributed by atoms with Crippen LogP contribution < -0.4 is 4.74 Å². The van der Waals surface area contributed by atoms with Gasteiger partial charge in [-0.25, -0.2) is 9.97 Å². The Bertz CT molecular complexity index is 597. The normalized spacial score (nSPS) is 11.4. The number of alkyl halides is 3. The molecule has 0 aliphatic rings. The molecule has 0 unspecified atom stereocenters. The first-order valence-electron chi connectivity index (χ1n) is 5.93. The van der Waals surface area contributed by atoms with Crippen molar-refractivity contribution >= 4 is 0 Å². The van der Waals surface area contributed by atoms with Gasteiger partial charge < -0.3 is 4.74 Å². The Morgan fingerprint density at radius 1 is 1.15 bits per heavy atom. The zero-order valence-electron chi connectivity index (χ0n) is 10.9. The number of pyridine rings is 1. The minimum Gasteiger partial charge on any atom is -0.452 e. The third kappa shape index (κ3) is 3.04. The van der Waals surface area contributed by atoms with Crippen molar-refractivity contribution < 1.29 is 17.9 Å². The standard InChI is InChI=1S/C13H12F3N3O/c1-3-9-4-5-17-8(2)11(9)20-10-6-18-12(19-7-10)13(14,15)16/h4-7H,3H2,1-2H3. The number of rotatable bonds is 3. The molecule has 0 atom stereocenters. The number of hydrogen-bond donors (Lipinski definition) is 0. The Morgan fingerprint density at radius 2 is 1.80 bits per heavy atom. The third-order valence-corrected chi connectivity index (χ3v) is 2.65. The van der Waals surface area contributed by atoms with E-state index in [0.717, 1.165) is 24.4 Å². The van der Waals surface area contributed by atoms with Gasteiger partial charge in [0.1, 0.15) is 0 Å². The van der Waals surface area contributed by atoms with Crippen molar-refractivity contribution in [3.8, 4) is 11.5 Å². The second kappa shape index (κ2) is 5.44. The molecule has 4 nitrogen and oxygen atoms in total. The van der Waals surface area contributed by atoms with Crippen LogP contribution in [0.15, 0.2) is 24.7 Å². The van der Waals surface area contributed by atoms with Gasteiger partial charge in [-0.05, 0) is 25.0 Å². The second-order valence-electron chi connectivity index (χ2n) is 4.08. The molecule has 0 saturated carbocycles. The lowest BCUT2D eigenvalue weighted by atomic mass is 10.1. The van der Waals surface area contributed by atoms with Crippen LogP contribution in [0.25, 0.3) is 0 Å². The van der Waals surface area contributed by atoms with Crippen molar-refractivity contribution in [3.63, 3.8) is 0 Å². The van der Waals surface area contributed by atoms with E-state index >= 15 is 0 Å². The highest BCUT2D eigenvalue weighted by atomic mass is 19.4. The monoisotopic (exact) mass is 283 g/mol. The Balaban J connectivity index is 2.27. The minimum absolute atomic E-state index is 0.142. The van der Waals surface area contributed by atoms with Gasteiger partial charge in [0, 0.05) is 6.20 Å². The Hall–Kier alpha value is -2.18. The van der Waals surface area contributed by atoms with E-state index in [4.69, 9.17) is 4.74 Å². The smallest absolute Gasteiger partial charge is 0.451 e. The van der Waals surface area contributed by atoms with E-state index in [0.29, 0.717) is 11.4 Å². The molecule has 0 aliphatic carbocycles. The molecule has 0 fully saturated rings. The molecule has 0 aromatic carbocycles. The van der Waals surface area contributed by atoms with E-state index in [-0.39, 0.29) is 5.75 Å². The van der Waals surface area contributed by atoms with Crippen molar-refractivity contribution in [1.29, 1.82) is 0 Å². The van der Waals surface area contributed by atoms with Crippen molar-refractivity contribution in [1.82, 2.24) is 15.0 Å². The van der Waals surface area contributed by atoms with E-state index in [9.17, 15) is 13.2 Å². The van der Waals surface area contributed by atoms with Crippen molar-refractivity contribution in [2.24, 2.45) is 0 Å². The molecule has 0 aliphatic heterocycles. The summed E-state index contributed by atoms with van der Waals surface area (Å²) >= 11 is 0. The fraction of sp³-hybridized carbons (Fsp3) is 0.308. The highest BCUT2D eigenvalue weighted by Crippen LogP contribution is 2.29. The molecule has 2 aromatic heterocycles. The Labute approximate surface area is 113 Å². The summed E-state index contributed by atoms with van der Waals surface area (Å²) in [5.41, 5.74) is 1.57. The Morgan fingerprint density at radius 3 is 2.35 bits per heavy atom.